The fourth-order valence-electron chi connectivity index (χ4n) is 2.15. The van der Waals surface area contributed by atoms with Crippen molar-refractivity contribution in [3.8, 4) is 11.3 Å². The van der Waals surface area contributed by atoms with Gasteiger partial charge < -0.3 is 16.2 Å². The monoisotopic (exact) mass is 289 g/mol. The number of nitrogens with one attached hydrogen (secondary N) is 1. The molecule has 0 fully saturated rings. The van der Waals surface area contributed by atoms with Crippen LogP contribution < -0.4 is 11.1 Å². The summed E-state index contributed by atoms with van der Waals surface area (Å²) in [7, 11) is 0. The van der Waals surface area contributed by atoms with Crippen LogP contribution in [0.5, 0.6) is 0 Å². The Morgan fingerprint density at radius 3 is 3.19 bits per heavy atom. The lowest BCUT2D eigenvalue weighted by Crippen LogP contribution is -2.26. The van der Waals surface area contributed by atoms with E-state index in [4.69, 9.17) is 15.0 Å². The van der Waals surface area contributed by atoms with Crippen molar-refractivity contribution in [2.45, 2.75) is 12.5 Å². The highest BCUT2D eigenvalue weighted by atomic mass is 16.4. The molecule has 0 aliphatic rings. The Labute approximate surface area is 127 Å². The van der Waals surface area contributed by atoms with Crippen molar-refractivity contribution in [3.05, 3.63) is 48.7 Å². The molecule has 0 saturated heterocycles. The van der Waals surface area contributed by atoms with Crippen molar-refractivity contribution in [2.75, 3.05) is 5.73 Å². The van der Waals surface area contributed by atoms with Gasteiger partial charge in [0.2, 0.25) is 0 Å². The minimum Gasteiger partial charge on any atom is -0.465 e. The highest BCUT2D eigenvalue weighted by molar-refractivity contribution is 5.73. The largest absolute Gasteiger partial charge is 0.465 e. The predicted octanol–water partition coefficient (Wildman–Crippen LogP) is 2.55. The summed E-state index contributed by atoms with van der Waals surface area (Å²) < 4.78 is 23.5. The number of aromatic nitrogens is 2. The first-order valence-electron chi connectivity index (χ1n) is 7.78. The summed E-state index contributed by atoms with van der Waals surface area (Å²) in [6.07, 6.45) is 2.13. The van der Waals surface area contributed by atoms with Gasteiger partial charge >= 0.3 is 6.09 Å². The van der Waals surface area contributed by atoms with Gasteiger partial charge in [0.05, 0.1) is 23.6 Å². The number of nitrogens with zero attached hydrogens (tertiary/aromatic N) is 2. The number of benzene rings is 1. The lowest BCUT2D eigenvalue weighted by Gasteiger charge is -2.16. The quantitative estimate of drug-likeness (QED) is 0.737. The van der Waals surface area contributed by atoms with Crippen LogP contribution >= 0.6 is 0 Å². The highest BCUT2D eigenvalue weighted by Gasteiger charge is 2.15. The maximum absolute atomic E-state index is 11.0. The standard InChI is InChI=1S/C15H18N4O2/c1-3-5-13(18-15(20)21)10-6-4-7-11(8-10)14-12(16)9-17-19(14)2/h3-4,6-9,13,18H,1,5,16H2,2H3,(H,20,21)/t13-/m0/s1/i2D3. The molecule has 0 saturated carbocycles. The third-order valence-corrected chi connectivity index (χ3v) is 3.06. The van der Waals surface area contributed by atoms with Crippen LogP contribution in [-0.4, -0.2) is 21.0 Å². The number of hydrogen-bond acceptors (Lipinski definition) is 3. The molecule has 6 heteroatoms. The molecule has 1 atom stereocenters. The summed E-state index contributed by atoms with van der Waals surface area (Å²) in [4.78, 5) is 11.0. The van der Waals surface area contributed by atoms with Crippen molar-refractivity contribution < 1.29 is 14.0 Å². The molecular formula is C15H18N4O2. The molecule has 110 valence electrons. The summed E-state index contributed by atoms with van der Waals surface area (Å²) in [5.74, 6) is 0. The summed E-state index contributed by atoms with van der Waals surface area (Å²) >= 11 is 0. The van der Waals surface area contributed by atoms with E-state index in [1.54, 1.807) is 30.3 Å². The minimum absolute atomic E-state index is 0.231. The normalized spacial score (nSPS) is 14.6. The molecule has 1 amide bonds. The first kappa shape index (κ1) is 11.0. The van der Waals surface area contributed by atoms with Crippen LogP contribution in [0.3, 0.4) is 0 Å². The van der Waals surface area contributed by atoms with Gasteiger partial charge in [-0.1, -0.05) is 24.3 Å². The van der Waals surface area contributed by atoms with E-state index in [0.717, 1.165) is 4.68 Å². The third kappa shape index (κ3) is 3.22. The Morgan fingerprint density at radius 1 is 1.71 bits per heavy atom. The number of aryl methyl sites for hydroxylation is 1. The summed E-state index contributed by atoms with van der Waals surface area (Å²) in [6, 6.07) is 6.36. The second kappa shape index (κ2) is 6.13. The molecule has 1 heterocycles. The van der Waals surface area contributed by atoms with Gasteiger partial charge in [-0.2, -0.15) is 5.10 Å². The average molecular weight is 289 g/mol. The first-order valence-corrected chi connectivity index (χ1v) is 6.28. The van der Waals surface area contributed by atoms with Crippen molar-refractivity contribution in [1.29, 1.82) is 0 Å². The van der Waals surface area contributed by atoms with E-state index < -0.39 is 19.1 Å². The van der Waals surface area contributed by atoms with Crippen LogP contribution in [0.25, 0.3) is 11.3 Å². The lowest BCUT2D eigenvalue weighted by molar-refractivity contribution is 0.190. The van der Waals surface area contributed by atoms with Crippen LogP contribution in [-0.2, 0) is 6.98 Å². The van der Waals surface area contributed by atoms with Crippen LogP contribution in [0.15, 0.2) is 43.1 Å². The molecule has 2 aromatic rings. The summed E-state index contributed by atoms with van der Waals surface area (Å²) in [5.41, 5.74) is 7.59. The van der Waals surface area contributed by atoms with Gasteiger partial charge in [-0.15, -0.1) is 6.58 Å². The van der Waals surface area contributed by atoms with Gasteiger partial charge in [0.25, 0.3) is 0 Å². The van der Waals surface area contributed by atoms with E-state index in [1.807, 2.05) is 0 Å². The molecule has 0 spiro atoms. The van der Waals surface area contributed by atoms with Crippen LogP contribution in [0.1, 0.15) is 22.1 Å². The third-order valence-electron chi connectivity index (χ3n) is 3.06. The molecule has 0 aliphatic carbocycles. The zero-order valence-corrected chi connectivity index (χ0v) is 11.3. The summed E-state index contributed by atoms with van der Waals surface area (Å²) in [5, 5.41) is 15.2. The number of carbonyl (C=O) groups is 1. The zero-order valence-electron chi connectivity index (χ0n) is 14.3. The number of carboxylic acid groups (broad SMARTS) is 1. The first-order chi connectivity index (χ1) is 11.2. The van der Waals surface area contributed by atoms with E-state index in [9.17, 15) is 4.79 Å². The van der Waals surface area contributed by atoms with Crippen molar-refractivity contribution >= 4 is 11.8 Å². The van der Waals surface area contributed by atoms with E-state index in [1.165, 1.54) is 6.20 Å². The SMILES string of the molecule is [2H]C([2H])([2H])n1ncc(N)c1-c1cccc([C@H](CC=C)NC(=O)O)c1. The molecular weight excluding hydrogens is 268 g/mol. The molecule has 0 unspecified atom stereocenters. The minimum atomic E-state index is -2.47. The smallest absolute Gasteiger partial charge is 0.405 e. The van der Waals surface area contributed by atoms with Gasteiger partial charge in [0.15, 0.2) is 0 Å². The fraction of sp³-hybridized carbons (Fsp3) is 0.200. The van der Waals surface area contributed by atoms with Crippen LogP contribution in [0.4, 0.5) is 10.5 Å². The van der Waals surface area contributed by atoms with Crippen molar-refractivity contribution in [2.24, 2.45) is 6.98 Å². The molecule has 0 aliphatic heterocycles. The van der Waals surface area contributed by atoms with Crippen molar-refractivity contribution in [1.82, 2.24) is 15.1 Å². The topological polar surface area (TPSA) is 93.2 Å². The van der Waals surface area contributed by atoms with Gasteiger partial charge in [0, 0.05) is 16.7 Å². The fourth-order valence-corrected chi connectivity index (χ4v) is 2.15. The number of rotatable bonds is 5. The molecule has 21 heavy (non-hydrogen) atoms. The Balaban J connectivity index is 2.50. The van der Waals surface area contributed by atoms with E-state index >= 15 is 0 Å². The molecule has 1 aromatic carbocycles. The Bertz CT molecular complexity index is 755. The molecule has 4 N–H and O–H groups in total. The summed E-state index contributed by atoms with van der Waals surface area (Å²) in [6.45, 7) is 1.16. The molecule has 0 radical (unpaired) electrons. The van der Waals surface area contributed by atoms with Gasteiger partial charge in [0.1, 0.15) is 0 Å². The van der Waals surface area contributed by atoms with Crippen LogP contribution in [0.2, 0.25) is 0 Å². The molecule has 6 nitrogen and oxygen atoms in total. The predicted molar refractivity (Wildman–Crippen MR) is 81.8 cm³/mol. The van der Waals surface area contributed by atoms with E-state index in [0.29, 0.717) is 17.5 Å². The second-order valence-electron chi connectivity index (χ2n) is 4.51. The molecule has 2 rings (SSSR count). The number of anilines is 1. The van der Waals surface area contributed by atoms with Gasteiger partial charge in [-0.25, -0.2) is 4.79 Å². The highest BCUT2D eigenvalue weighted by Crippen LogP contribution is 2.28. The zero-order chi connectivity index (χ0) is 17.9. The number of nitrogens with two attached hydrogens (primary N) is 1. The molecule has 1 aromatic heterocycles. The second-order valence-corrected chi connectivity index (χ2v) is 4.51. The Morgan fingerprint density at radius 2 is 2.52 bits per heavy atom. The maximum Gasteiger partial charge on any atom is 0.405 e. The number of hydrogen-bond donors (Lipinski definition) is 3. The maximum atomic E-state index is 11.0. The number of nitrogen functional groups attached to an aromatic ring is 1. The lowest BCUT2D eigenvalue weighted by atomic mass is 10.00. The average Bonchev–Trinajstić information content (AvgIpc) is 2.88. The van der Waals surface area contributed by atoms with Gasteiger partial charge in [-0.3, -0.25) is 4.68 Å². The Hall–Kier alpha value is -2.76. The van der Waals surface area contributed by atoms with Crippen LogP contribution in [0, 0.1) is 0 Å². The van der Waals surface area contributed by atoms with Gasteiger partial charge in [-0.05, 0) is 18.1 Å². The van der Waals surface area contributed by atoms with Crippen molar-refractivity contribution in [3.63, 3.8) is 0 Å². The molecule has 0 bridgehead atoms. The number of amides is 1. The van der Waals surface area contributed by atoms with E-state index in [2.05, 4.69) is 17.0 Å². The van der Waals surface area contributed by atoms with E-state index in [-0.39, 0.29) is 11.4 Å². The Kier molecular flexibility index (Phi) is 3.20.